The molecule has 0 heterocycles. The summed E-state index contributed by atoms with van der Waals surface area (Å²) in [6, 6.07) is 8.16. The maximum atomic E-state index is 13.5. The molecule has 0 aliphatic heterocycles. The number of benzene rings is 2. The largest absolute Gasteiger partial charge is 0.494 e. The van der Waals surface area contributed by atoms with E-state index in [1.165, 1.54) is 24.3 Å². The molecule has 220 valence electrons. The Morgan fingerprint density at radius 2 is 1.60 bits per heavy atom. The van der Waals surface area contributed by atoms with Crippen LogP contribution in [0.2, 0.25) is 10.0 Å². The lowest BCUT2D eigenvalue weighted by Crippen LogP contribution is -2.70. The highest BCUT2D eigenvalue weighted by molar-refractivity contribution is 7.84. The van der Waals surface area contributed by atoms with Gasteiger partial charge in [-0.3, -0.25) is 13.8 Å². The molecule has 40 heavy (non-hydrogen) atoms. The van der Waals surface area contributed by atoms with Gasteiger partial charge in [0.2, 0.25) is 6.41 Å². The summed E-state index contributed by atoms with van der Waals surface area (Å²) in [5.74, 6) is -1.02. The Bertz CT molecular complexity index is 1330. The Kier molecular flexibility index (Phi) is 10.6. The van der Waals surface area contributed by atoms with Crippen LogP contribution in [0.15, 0.2) is 36.4 Å². The van der Waals surface area contributed by atoms with E-state index in [9.17, 15) is 26.8 Å². The first-order chi connectivity index (χ1) is 18.8. The molecule has 3 fully saturated rings. The molecule has 0 spiro atoms. The van der Waals surface area contributed by atoms with Gasteiger partial charge in [0.1, 0.15) is 29.2 Å². The molecule has 0 saturated heterocycles. The molecule has 2 bridgehead atoms. The van der Waals surface area contributed by atoms with Crippen molar-refractivity contribution in [2.24, 2.45) is 5.14 Å². The fourth-order valence-corrected chi connectivity index (χ4v) is 5.65. The first-order valence-electron chi connectivity index (χ1n) is 12.2. The fraction of sp³-hybridized carbons (Fsp3) is 0.440. The first kappa shape index (κ1) is 31.8. The molecule has 15 heteroatoms. The van der Waals surface area contributed by atoms with Crippen LogP contribution in [0.1, 0.15) is 39.0 Å². The summed E-state index contributed by atoms with van der Waals surface area (Å²) in [5, 5.41) is 10.6. The Morgan fingerprint density at radius 1 is 1.05 bits per heavy atom. The Labute approximate surface area is 240 Å². The smallest absolute Gasteiger partial charge is 0.333 e. The number of nitrogens with one attached hydrogen (secondary N) is 2. The molecule has 10 nitrogen and oxygen atoms in total. The predicted octanol–water partition coefficient (Wildman–Crippen LogP) is 3.64. The molecule has 1 atom stereocenters. The molecule has 3 aliphatic rings. The van der Waals surface area contributed by atoms with Crippen molar-refractivity contribution in [1.82, 2.24) is 10.6 Å². The second-order valence-electron chi connectivity index (χ2n) is 9.40. The molecule has 0 aromatic heterocycles. The summed E-state index contributed by atoms with van der Waals surface area (Å²) >= 11 is 11.1. The second-order valence-corrected chi connectivity index (χ2v) is 11.4. The van der Waals surface area contributed by atoms with Crippen LogP contribution < -0.4 is 25.2 Å². The van der Waals surface area contributed by atoms with Crippen molar-refractivity contribution < 1.29 is 40.4 Å². The average Bonchev–Trinajstić information content (AvgIpc) is 2.88. The number of amides is 2. The minimum absolute atomic E-state index is 0.0690. The molecule has 4 N–H and O–H groups in total. The van der Waals surface area contributed by atoms with E-state index in [2.05, 4.69) is 10.6 Å². The third-order valence-corrected chi connectivity index (χ3v) is 7.87. The van der Waals surface area contributed by atoms with Gasteiger partial charge < -0.3 is 20.1 Å². The molecule has 0 radical (unpaired) electrons. The molecule has 2 aromatic rings. The number of hydrogen-bond donors (Lipinski definition) is 3. The highest BCUT2D eigenvalue weighted by atomic mass is 35.5. The highest BCUT2D eigenvalue weighted by Gasteiger charge is 2.57. The van der Waals surface area contributed by atoms with Crippen molar-refractivity contribution >= 4 is 45.8 Å². The summed E-state index contributed by atoms with van der Waals surface area (Å²) in [7, 11) is -4.28. The van der Waals surface area contributed by atoms with Crippen LogP contribution in [0.5, 0.6) is 11.5 Å². The quantitative estimate of drug-likeness (QED) is 0.342. The molecular formula is C25H29Cl2F2N3O7S. The lowest BCUT2D eigenvalue weighted by atomic mass is 9.60. The van der Waals surface area contributed by atoms with Crippen LogP contribution in [-0.2, 0) is 24.1 Å². The van der Waals surface area contributed by atoms with Crippen LogP contribution in [-0.4, -0.2) is 51.1 Å². The van der Waals surface area contributed by atoms with Crippen LogP contribution in [0.25, 0.3) is 0 Å². The zero-order valence-corrected chi connectivity index (χ0v) is 23.8. The normalized spacial score (nSPS) is 23.4. The summed E-state index contributed by atoms with van der Waals surface area (Å²) < 4.78 is 64.6. The van der Waals surface area contributed by atoms with Crippen LogP contribution in [0.4, 0.5) is 8.78 Å². The van der Waals surface area contributed by atoms with E-state index in [1.54, 1.807) is 6.07 Å². The van der Waals surface area contributed by atoms with Crippen molar-refractivity contribution in [1.29, 1.82) is 0 Å². The lowest BCUT2D eigenvalue weighted by molar-refractivity contribution is -0.132. The lowest BCUT2D eigenvalue weighted by Gasteiger charge is -2.56. The molecular weight excluding hydrogens is 595 g/mol. The van der Waals surface area contributed by atoms with E-state index in [0.29, 0.717) is 44.4 Å². The Morgan fingerprint density at radius 3 is 2.08 bits per heavy atom. The van der Waals surface area contributed by atoms with E-state index in [4.69, 9.17) is 42.0 Å². The van der Waals surface area contributed by atoms with Crippen LogP contribution >= 0.6 is 23.2 Å². The molecule has 1 unspecified atom stereocenters. The summed E-state index contributed by atoms with van der Waals surface area (Å²) in [4.78, 5) is 23.4. The first-order valence-corrected chi connectivity index (χ1v) is 14.4. The fourth-order valence-electron chi connectivity index (χ4n) is 4.84. The van der Waals surface area contributed by atoms with Crippen molar-refractivity contribution in [3.8, 4) is 11.5 Å². The molecule has 5 rings (SSSR count). The van der Waals surface area contributed by atoms with Gasteiger partial charge in [-0.15, -0.1) is 0 Å². The van der Waals surface area contributed by atoms with Gasteiger partial charge in [0, 0.05) is 24.1 Å². The van der Waals surface area contributed by atoms with E-state index in [-0.39, 0.29) is 22.2 Å². The number of ether oxygens (including phenoxy) is 2. The minimum atomic E-state index is -4.28. The molecule has 3 aliphatic carbocycles. The number of hydrogen-bond acceptors (Lipinski definition) is 7. The van der Waals surface area contributed by atoms with Gasteiger partial charge >= 0.3 is 10.3 Å². The molecule has 3 saturated carbocycles. The summed E-state index contributed by atoms with van der Waals surface area (Å²) in [5.41, 5.74) is -1.56. The van der Waals surface area contributed by atoms with Gasteiger partial charge in [-0.05, 0) is 56.9 Å². The van der Waals surface area contributed by atoms with Gasteiger partial charge in [0.25, 0.3) is 5.91 Å². The van der Waals surface area contributed by atoms with Crippen LogP contribution in [0, 0.1) is 11.6 Å². The van der Waals surface area contributed by atoms with Gasteiger partial charge in [0.05, 0.1) is 22.2 Å². The highest BCUT2D eigenvalue weighted by Crippen LogP contribution is 2.48. The third kappa shape index (κ3) is 8.40. The number of carbonyl (C=O) groups is 2. The minimum Gasteiger partial charge on any atom is -0.494 e. The second kappa shape index (κ2) is 13.3. The van der Waals surface area contributed by atoms with Crippen molar-refractivity contribution in [2.75, 3.05) is 13.2 Å². The summed E-state index contributed by atoms with van der Waals surface area (Å²) in [6.45, 7) is 1.95. The van der Waals surface area contributed by atoms with Crippen molar-refractivity contribution in [3.05, 3.63) is 58.1 Å². The summed E-state index contributed by atoms with van der Waals surface area (Å²) in [6.07, 6.45) is 1.67. The predicted molar refractivity (Wildman–Crippen MR) is 143 cm³/mol. The topological polar surface area (TPSA) is 146 Å². The number of fused-ring (bicyclic) bond motifs is 3. The van der Waals surface area contributed by atoms with Gasteiger partial charge in [-0.25, -0.2) is 13.9 Å². The number of nitrogens with two attached hydrogens (primary N) is 1. The van der Waals surface area contributed by atoms with Gasteiger partial charge in [-0.2, -0.15) is 8.42 Å². The SMILES string of the molecule is CCOc1ccc(Cl)c(F)c1.NS(=O)(=O)OC1CC2(NC=O)CCC1(NC(=O)COc1ccc(Cl)c(F)c1)CC2. The van der Waals surface area contributed by atoms with E-state index < -0.39 is 51.6 Å². The Hall–Kier alpha value is -2.71. The van der Waals surface area contributed by atoms with Crippen molar-refractivity contribution in [3.63, 3.8) is 0 Å². The number of rotatable bonds is 10. The zero-order chi connectivity index (χ0) is 29.6. The van der Waals surface area contributed by atoms with E-state index in [0.717, 1.165) is 6.07 Å². The standard InChI is InChI=1S/C17H21ClFN3O6S.C8H8ClFO/c18-12-2-1-11(7-13(12)19)27-9-15(24)22-17-5-3-16(4-6-17,21-10-23)8-14(17)28-29(20,25)26;1-2-11-6-3-4-7(9)8(10)5-6/h1-2,7,10,14H,3-6,8-9H2,(H,21,23)(H,22,24)(H2,20,25,26);3-5H,2H2,1H3. The maximum absolute atomic E-state index is 13.5. The van der Waals surface area contributed by atoms with E-state index in [1.807, 2.05) is 6.92 Å². The maximum Gasteiger partial charge on any atom is 0.333 e. The van der Waals surface area contributed by atoms with Gasteiger partial charge in [0.15, 0.2) is 6.61 Å². The monoisotopic (exact) mass is 623 g/mol. The van der Waals surface area contributed by atoms with Crippen molar-refractivity contribution in [2.45, 2.75) is 56.2 Å². The third-order valence-electron chi connectivity index (χ3n) is 6.76. The Balaban J connectivity index is 0.000000336. The number of carbonyl (C=O) groups excluding carboxylic acids is 2. The van der Waals surface area contributed by atoms with Gasteiger partial charge in [-0.1, -0.05) is 23.2 Å². The molecule has 2 aromatic carbocycles. The molecule has 2 amide bonds. The van der Waals surface area contributed by atoms with E-state index >= 15 is 0 Å². The van der Waals surface area contributed by atoms with Crippen LogP contribution in [0.3, 0.4) is 0 Å². The average molecular weight is 624 g/mol. The zero-order valence-electron chi connectivity index (χ0n) is 21.4. The number of halogens is 4.